The first-order chi connectivity index (χ1) is 7.91. The molecule has 1 aliphatic heterocycles. The molecule has 1 aromatic rings. The quantitative estimate of drug-likeness (QED) is 0.677. The van der Waals surface area contributed by atoms with Crippen LogP contribution in [0.15, 0.2) is 9.85 Å². The van der Waals surface area contributed by atoms with Gasteiger partial charge >= 0.3 is 0 Å². The Morgan fingerprint density at radius 1 is 1.35 bits per heavy atom. The number of thiophene rings is 1. The first-order valence-corrected chi connectivity index (χ1v) is 8.01. The molecule has 1 aliphatic rings. The average molecular weight is 338 g/mol. The van der Waals surface area contributed by atoms with Gasteiger partial charge in [-0.3, -0.25) is 0 Å². The summed E-state index contributed by atoms with van der Waals surface area (Å²) in [7, 11) is 0. The zero-order valence-electron chi connectivity index (χ0n) is 10.5. The summed E-state index contributed by atoms with van der Waals surface area (Å²) in [6.07, 6.45) is 0.541. The van der Waals surface area contributed by atoms with Crippen molar-refractivity contribution in [1.82, 2.24) is 0 Å². The predicted molar refractivity (Wildman–Crippen MR) is 78.0 cm³/mol. The first kappa shape index (κ1) is 13.9. The van der Waals surface area contributed by atoms with E-state index in [0.717, 1.165) is 3.79 Å². The molecule has 17 heavy (non-hydrogen) atoms. The molecule has 0 radical (unpaired) electrons. The molecule has 0 aliphatic carbocycles. The predicted octanol–water partition coefficient (Wildman–Crippen LogP) is 5.16. The van der Waals surface area contributed by atoms with Crippen LogP contribution in [0.1, 0.15) is 36.6 Å². The number of ether oxygens (including phenoxy) is 1. The van der Waals surface area contributed by atoms with Crippen LogP contribution in [0.2, 0.25) is 0 Å². The summed E-state index contributed by atoms with van der Waals surface area (Å²) in [5.41, 5.74) is 1.25. The second-order valence-corrected chi connectivity index (χ2v) is 8.05. The van der Waals surface area contributed by atoms with Crippen molar-refractivity contribution in [2.75, 3.05) is 0 Å². The normalized spacial score (nSPS) is 35.2. The smallest absolute Gasteiger partial charge is 0.0704 e. The molecule has 2 heterocycles. The Morgan fingerprint density at radius 3 is 2.41 bits per heavy atom. The Hall–Kier alpha value is 0.430. The Kier molecular flexibility index (Phi) is 4.24. The Bertz CT molecular complexity index is 406. The highest BCUT2D eigenvalue weighted by Crippen LogP contribution is 2.46. The molecule has 1 nitrogen and oxygen atoms in total. The first-order valence-electron chi connectivity index (χ1n) is 5.97. The van der Waals surface area contributed by atoms with E-state index in [0.29, 0.717) is 17.9 Å². The van der Waals surface area contributed by atoms with Gasteiger partial charge in [0.25, 0.3) is 0 Å². The summed E-state index contributed by atoms with van der Waals surface area (Å²) in [6, 6.07) is 2.15. The third kappa shape index (κ3) is 2.58. The standard InChI is InChI=1S/C13H18BrClOS/c1-6-7(2)16-8(3)12(6)13(15)10-5-11(14)17-9(10)4/h5-8,12-13H,1-4H3. The molecule has 0 N–H and O–H groups in total. The van der Waals surface area contributed by atoms with Gasteiger partial charge in [0, 0.05) is 10.8 Å². The molecule has 0 aromatic carbocycles. The summed E-state index contributed by atoms with van der Waals surface area (Å²) in [4.78, 5) is 1.30. The third-order valence-corrected chi connectivity index (χ3v) is 5.98. The molecule has 2 rings (SSSR count). The zero-order chi connectivity index (χ0) is 12.7. The highest BCUT2D eigenvalue weighted by molar-refractivity contribution is 9.11. The Morgan fingerprint density at radius 2 is 2.00 bits per heavy atom. The molecule has 0 spiro atoms. The van der Waals surface area contributed by atoms with E-state index in [1.54, 1.807) is 11.3 Å². The lowest BCUT2D eigenvalue weighted by molar-refractivity contribution is 0.0508. The summed E-state index contributed by atoms with van der Waals surface area (Å²) in [6.45, 7) is 8.65. The van der Waals surface area contributed by atoms with Crippen LogP contribution < -0.4 is 0 Å². The molecule has 5 unspecified atom stereocenters. The van der Waals surface area contributed by atoms with Crippen molar-refractivity contribution >= 4 is 38.9 Å². The minimum atomic E-state index is 0.0486. The number of hydrogen-bond donors (Lipinski definition) is 0. The highest BCUT2D eigenvalue weighted by atomic mass is 79.9. The maximum absolute atomic E-state index is 6.69. The fraction of sp³-hybridized carbons (Fsp3) is 0.692. The lowest BCUT2D eigenvalue weighted by Crippen LogP contribution is -2.22. The summed E-state index contributed by atoms with van der Waals surface area (Å²) in [5.74, 6) is 0.900. The highest BCUT2D eigenvalue weighted by Gasteiger charge is 2.42. The fourth-order valence-corrected chi connectivity index (χ4v) is 5.22. The van der Waals surface area contributed by atoms with Crippen LogP contribution in [-0.4, -0.2) is 12.2 Å². The van der Waals surface area contributed by atoms with Gasteiger partial charge in [-0.2, -0.15) is 0 Å². The van der Waals surface area contributed by atoms with Crippen molar-refractivity contribution in [3.8, 4) is 0 Å². The number of alkyl halides is 1. The minimum Gasteiger partial charge on any atom is -0.375 e. The van der Waals surface area contributed by atoms with Crippen molar-refractivity contribution in [2.45, 2.75) is 45.3 Å². The molecule has 1 fully saturated rings. The molecular weight excluding hydrogens is 320 g/mol. The minimum absolute atomic E-state index is 0.0486. The van der Waals surface area contributed by atoms with E-state index in [4.69, 9.17) is 16.3 Å². The fourth-order valence-electron chi connectivity index (χ4n) is 2.74. The molecule has 1 saturated heterocycles. The van der Waals surface area contributed by atoms with Gasteiger partial charge in [0.2, 0.25) is 0 Å². The van der Waals surface area contributed by atoms with Crippen LogP contribution in [-0.2, 0) is 4.74 Å². The van der Waals surface area contributed by atoms with Crippen LogP contribution in [0.5, 0.6) is 0 Å². The van der Waals surface area contributed by atoms with Gasteiger partial charge in [-0.1, -0.05) is 6.92 Å². The second kappa shape index (κ2) is 5.20. The molecule has 0 bridgehead atoms. The van der Waals surface area contributed by atoms with Crippen LogP contribution in [0.4, 0.5) is 0 Å². The van der Waals surface area contributed by atoms with E-state index in [1.165, 1.54) is 10.4 Å². The van der Waals surface area contributed by atoms with Gasteiger partial charge < -0.3 is 4.74 Å². The summed E-state index contributed by atoms with van der Waals surface area (Å²) >= 11 is 12.0. The van der Waals surface area contributed by atoms with Crippen LogP contribution in [0, 0.1) is 18.8 Å². The van der Waals surface area contributed by atoms with E-state index in [1.807, 2.05) is 0 Å². The van der Waals surface area contributed by atoms with Crippen LogP contribution in [0.3, 0.4) is 0 Å². The SMILES string of the molecule is Cc1sc(Br)cc1C(Cl)C1C(C)OC(C)C1C. The number of halogens is 2. The molecule has 5 atom stereocenters. The Labute approximate surface area is 121 Å². The molecular formula is C13H18BrClOS. The maximum atomic E-state index is 6.69. The van der Waals surface area contributed by atoms with Gasteiger partial charge in [-0.15, -0.1) is 22.9 Å². The lowest BCUT2D eigenvalue weighted by Gasteiger charge is -2.24. The van der Waals surface area contributed by atoms with Crippen LogP contribution in [0.25, 0.3) is 0 Å². The molecule has 0 amide bonds. The number of rotatable bonds is 2. The van der Waals surface area contributed by atoms with E-state index >= 15 is 0 Å². The summed E-state index contributed by atoms with van der Waals surface area (Å²) in [5, 5.41) is 0.0486. The topological polar surface area (TPSA) is 9.23 Å². The van der Waals surface area contributed by atoms with Gasteiger partial charge in [0.05, 0.1) is 21.4 Å². The molecule has 4 heteroatoms. The second-order valence-electron chi connectivity index (χ2n) is 4.95. The average Bonchev–Trinajstić information content (AvgIpc) is 2.68. The molecule has 0 saturated carbocycles. The lowest BCUT2D eigenvalue weighted by atomic mass is 9.84. The van der Waals surface area contributed by atoms with E-state index < -0.39 is 0 Å². The maximum Gasteiger partial charge on any atom is 0.0704 e. The van der Waals surface area contributed by atoms with Crippen molar-refractivity contribution in [2.24, 2.45) is 11.8 Å². The third-order valence-electron chi connectivity index (χ3n) is 3.88. The van der Waals surface area contributed by atoms with Gasteiger partial charge in [-0.25, -0.2) is 0 Å². The molecule has 96 valence electrons. The monoisotopic (exact) mass is 336 g/mol. The largest absolute Gasteiger partial charge is 0.375 e. The van der Waals surface area contributed by atoms with Crippen molar-refractivity contribution in [3.63, 3.8) is 0 Å². The number of aryl methyl sites for hydroxylation is 1. The zero-order valence-corrected chi connectivity index (χ0v) is 13.7. The van der Waals surface area contributed by atoms with Gasteiger partial charge in [-0.05, 0) is 54.2 Å². The van der Waals surface area contributed by atoms with Crippen molar-refractivity contribution in [1.29, 1.82) is 0 Å². The van der Waals surface area contributed by atoms with E-state index in [2.05, 4.69) is 49.7 Å². The van der Waals surface area contributed by atoms with E-state index in [-0.39, 0.29) is 11.5 Å². The van der Waals surface area contributed by atoms with Gasteiger partial charge in [0.1, 0.15) is 0 Å². The van der Waals surface area contributed by atoms with Crippen molar-refractivity contribution < 1.29 is 4.74 Å². The van der Waals surface area contributed by atoms with E-state index in [9.17, 15) is 0 Å². The summed E-state index contributed by atoms with van der Waals surface area (Å²) < 4.78 is 7.04. The van der Waals surface area contributed by atoms with Crippen LogP contribution >= 0.6 is 38.9 Å². The van der Waals surface area contributed by atoms with Crippen molar-refractivity contribution in [3.05, 3.63) is 20.3 Å². The number of hydrogen-bond acceptors (Lipinski definition) is 2. The van der Waals surface area contributed by atoms with Gasteiger partial charge in [0.15, 0.2) is 0 Å². The Balaban J connectivity index is 2.25. The molecule has 1 aromatic heterocycles.